The minimum Gasteiger partial charge on any atom is -0.396 e. The topological polar surface area (TPSA) is 49.3 Å². The summed E-state index contributed by atoms with van der Waals surface area (Å²) in [6.07, 6.45) is 2.17. The number of carbonyl (C=O) groups excluding carboxylic acids is 1. The number of benzene rings is 1. The lowest BCUT2D eigenvalue weighted by Gasteiger charge is -2.10. The van der Waals surface area contributed by atoms with Crippen LogP contribution >= 0.6 is 0 Å². The number of nitrogens with one attached hydrogen (secondary N) is 1. The molecule has 19 heavy (non-hydrogen) atoms. The summed E-state index contributed by atoms with van der Waals surface area (Å²) >= 11 is 0. The van der Waals surface area contributed by atoms with Gasteiger partial charge in [0.1, 0.15) is 5.82 Å². The van der Waals surface area contributed by atoms with Gasteiger partial charge in [0, 0.05) is 19.2 Å². The fourth-order valence-corrected chi connectivity index (χ4v) is 1.64. The quantitative estimate of drug-likeness (QED) is 0.776. The van der Waals surface area contributed by atoms with Crippen LogP contribution in [0.3, 0.4) is 0 Å². The summed E-state index contributed by atoms with van der Waals surface area (Å²) in [5, 5.41) is 11.5. The van der Waals surface area contributed by atoms with Crippen molar-refractivity contribution in [3.05, 3.63) is 41.7 Å². The van der Waals surface area contributed by atoms with Crippen LogP contribution in [0.1, 0.15) is 25.8 Å². The Labute approximate surface area is 113 Å². The Morgan fingerprint density at radius 3 is 2.63 bits per heavy atom. The molecule has 0 radical (unpaired) electrons. The number of amides is 1. The number of allylic oxidation sites excluding steroid dienone is 1. The van der Waals surface area contributed by atoms with E-state index in [4.69, 9.17) is 5.11 Å². The molecular formula is C15H20FNO2. The second kappa shape index (κ2) is 7.69. The third-order valence-electron chi connectivity index (χ3n) is 2.89. The van der Waals surface area contributed by atoms with E-state index in [1.54, 1.807) is 12.1 Å². The maximum absolute atomic E-state index is 12.8. The van der Waals surface area contributed by atoms with Gasteiger partial charge >= 0.3 is 0 Å². The van der Waals surface area contributed by atoms with Gasteiger partial charge in [-0.2, -0.15) is 0 Å². The summed E-state index contributed by atoms with van der Waals surface area (Å²) in [5.74, 6) is -0.223. The van der Waals surface area contributed by atoms with Crippen molar-refractivity contribution in [3.63, 3.8) is 0 Å². The lowest BCUT2D eigenvalue weighted by molar-refractivity contribution is -0.116. The van der Waals surface area contributed by atoms with Crippen molar-refractivity contribution < 1.29 is 14.3 Å². The number of halogens is 1. The van der Waals surface area contributed by atoms with Crippen molar-refractivity contribution in [3.8, 4) is 0 Å². The van der Waals surface area contributed by atoms with Crippen LogP contribution in [0.5, 0.6) is 0 Å². The fourth-order valence-electron chi connectivity index (χ4n) is 1.64. The fraction of sp³-hybridized carbons (Fsp3) is 0.400. The summed E-state index contributed by atoms with van der Waals surface area (Å²) < 4.78 is 12.8. The van der Waals surface area contributed by atoms with Gasteiger partial charge < -0.3 is 10.4 Å². The van der Waals surface area contributed by atoms with Crippen LogP contribution in [-0.4, -0.2) is 24.2 Å². The zero-order valence-corrected chi connectivity index (χ0v) is 11.3. The molecule has 0 saturated heterocycles. The van der Waals surface area contributed by atoms with Crippen molar-refractivity contribution in [2.75, 3.05) is 13.2 Å². The molecule has 104 valence electrons. The number of aliphatic hydroxyl groups excluding tert-OH is 1. The molecule has 1 rings (SSSR count). The Balaban J connectivity index is 2.54. The molecule has 1 atom stereocenters. The van der Waals surface area contributed by atoms with E-state index in [-0.39, 0.29) is 24.2 Å². The van der Waals surface area contributed by atoms with Gasteiger partial charge in [0.2, 0.25) is 5.91 Å². The zero-order chi connectivity index (χ0) is 14.3. The molecule has 0 spiro atoms. The molecule has 1 aromatic carbocycles. The van der Waals surface area contributed by atoms with E-state index in [0.29, 0.717) is 13.0 Å². The van der Waals surface area contributed by atoms with Gasteiger partial charge in [-0.05, 0) is 42.5 Å². The third kappa shape index (κ3) is 5.66. The molecule has 1 unspecified atom stereocenters. The van der Waals surface area contributed by atoms with Crippen LogP contribution in [0, 0.1) is 11.7 Å². The van der Waals surface area contributed by atoms with Gasteiger partial charge in [0.05, 0.1) is 0 Å². The molecule has 0 heterocycles. The van der Waals surface area contributed by atoms with Crippen LogP contribution in [0.25, 0.3) is 5.57 Å². The van der Waals surface area contributed by atoms with E-state index in [1.165, 1.54) is 18.2 Å². The normalized spacial score (nSPS) is 13.2. The summed E-state index contributed by atoms with van der Waals surface area (Å²) in [6.45, 7) is 4.44. The predicted molar refractivity (Wildman–Crippen MR) is 73.9 cm³/mol. The van der Waals surface area contributed by atoms with Crippen LogP contribution in [0.2, 0.25) is 0 Å². The maximum atomic E-state index is 12.8. The van der Waals surface area contributed by atoms with Gasteiger partial charge in [-0.15, -0.1) is 0 Å². The number of hydrogen-bond donors (Lipinski definition) is 2. The van der Waals surface area contributed by atoms with Crippen LogP contribution in [-0.2, 0) is 4.79 Å². The minimum atomic E-state index is -0.293. The molecule has 0 aliphatic rings. The monoisotopic (exact) mass is 265 g/mol. The Morgan fingerprint density at radius 2 is 2.05 bits per heavy atom. The molecule has 0 aliphatic heterocycles. The SMILES string of the molecule is C/C(=C/C(=O)NCC(C)CCO)c1ccc(F)cc1. The highest BCUT2D eigenvalue weighted by atomic mass is 19.1. The first-order chi connectivity index (χ1) is 9.02. The van der Waals surface area contributed by atoms with Crippen LogP contribution in [0.15, 0.2) is 30.3 Å². The zero-order valence-electron chi connectivity index (χ0n) is 11.3. The Hall–Kier alpha value is -1.68. The summed E-state index contributed by atoms with van der Waals surface area (Å²) in [6, 6.07) is 6.02. The van der Waals surface area contributed by atoms with Gasteiger partial charge in [-0.25, -0.2) is 4.39 Å². The van der Waals surface area contributed by atoms with E-state index in [1.807, 2.05) is 13.8 Å². The predicted octanol–water partition coefficient (Wildman–Crippen LogP) is 2.36. The number of hydrogen-bond acceptors (Lipinski definition) is 2. The maximum Gasteiger partial charge on any atom is 0.244 e. The number of carbonyl (C=O) groups is 1. The standard InChI is InChI=1S/C15H20FNO2/c1-11(7-8-18)10-17-15(19)9-12(2)13-3-5-14(16)6-4-13/h3-6,9,11,18H,7-8,10H2,1-2H3,(H,17,19)/b12-9-. The van der Waals surface area contributed by atoms with Crippen LogP contribution < -0.4 is 5.32 Å². The number of rotatable bonds is 6. The molecular weight excluding hydrogens is 245 g/mol. The molecule has 0 aromatic heterocycles. The van der Waals surface area contributed by atoms with E-state index in [0.717, 1.165) is 11.1 Å². The second-order valence-electron chi connectivity index (χ2n) is 4.70. The average molecular weight is 265 g/mol. The highest BCUT2D eigenvalue weighted by Gasteiger charge is 2.04. The molecule has 0 aliphatic carbocycles. The Kier molecular flexibility index (Phi) is 6.22. The van der Waals surface area contributed by atoms with Crippen molar-refractivity contribution in [2.24, 2.45) is 5.92 Å². The van der Waals surface area contributed by atoms with Gasteiger partial charge in [0.15, 0.2) is 0 Å². The van der Waals surface area contributed by atoms with Gasteiger partial charge in [-0.1, -0.05) is 19.1 Å². The molecule has 0 fully saturated rings. The minimum absolute atomic E-state index is 0.126. The highest BCUT2D eigenvalue weighted by Crippen LogP contribution is 2.13. The molecule has 3 nitrogen and oxygen atoms in total. The summed E-state index contributed by atoms with van der Waals surface area (Å²) in [7, 11) is 0. The van der Waals surface area contributed by atoms with Gasteiger partial charge in [0.25, 0.3) is 0 Å². The lowest BCUT2D eigenvalue weighted by atomic mass is 10.1. The molecule has 1 amide bonds. The number of aliphatic hydroxyl groups is 1. The van der Waals surface area contributed by atoms with E-state index < -0.39 is 0 Å². The van der Waals surface area contributed by atoms with E-state index >= 15 is 0 Å². The van der Waals surface area contributed by atoms with Gasteiger partial charge in [-0.3, -0.25) is 4.79 Å². The molecule has 0 bridgehead atoms. The van der Waals surface area contributed by atoms with Crippen molar-refractivity contribution >= 4 is 11.5 Å². The average Bonchev–Trinajstić information content (AvgIpc) is 2.37. The molecule has 1 aromatic rings. The van der Waals surface area contributed by atoms with E-state index in [9.17, 15) is 9.18 Å². The Bertz CT molecular complexity index is 440. The third-order valence-corrected chi connectivity index (χ3v) is 2.89. The lowest BCUT2D eigenvalue weighted by Crippen LogP contribution is -2.27. The first kappa shape index (κ1) is 15.4. The highest BCUT2D eigenvalue weighted by molar-refractivity contribution is 5.94. The second-order valence-corrected chi connectivity index (χ2v) is 4.70. The first-order valence-corrected chi connectivity index (χ1v) is 6.36. The smallest absolute Gasteiger partial charge is 0.244 e. The summed E-state index contributed by atoms with van der Waals surface area (Å²) in [4.78, 5) is 11.7. The largest absolute Gasteiger partial charge is 0.396 e. The van der Waals surface area contributed by atoms with Crippen molar-refractivity contribution in [2.45, 2.75) is 20.3 Å². The molecule has 2 N–H and O–H groups in total. The van der Waals surface area contributed by atoms with Crippen molar-refractivity contribution in [1.82, 2.24) is 5.32 Å². The molecule has 0 saturated carbocycles. The Morgan fingerprint density at radius 1 is 1.42 bits per heavy atom. The van der Waals surface area contributed by atoms with Crippen molar-refractivity contribution in [1.29, 1.82) is 0 Å². The first-order valence-electron chi connectivity index (χ1n) is 6.36. The summed E-state index contributed by atoms with van der Waals surface area (Å²) in [5.41, 5.74) is 1.60. The van der Waals surface area contributed by atoms with E-state index in [2.05, 4.69) is 5.32 Å². The van der Waals surface area contributed by atoms with Crippen LogP contribution in [0.4, 0.5) is 4.39 Å². The molecule has 4 heteroatoms.